The molecule has 142 valence electrons. The fourth-order valence-corrected chi connectivity index (χ4v) is 3.14. The number of hydrogen-bond acceptors (Lipinski definition) is 7. The number of rotatable bonds is 7. The topological polar surface area (TPSA) is 104 Å². The van der Waals surface area contributed by atoms with Gasteiger partial charge in [-0.3, -0.25) is 4.79 Å². The number of nitrogens with zero attached hydrogens (tertiary/aromatic N) is 1. The molecule has 7 nitrogen and oxygen atoms in total. The lowest BCUT2D eigenvalue weighted by molar-refractivity contribution is -0.123. The molecule has 0 radical (unpaired) electrons. The first-order chi connectivity index (χ1) is 13.6. The molecule has 0 aliphatic rings. The minimum atomic E-state index is -1.03. The second-order valence-corrected chi connectivity index (χ2v) is 6.71. The third-order valence-electron chi connectivity index (χ3n) is 3.86. The van der Waals surface area contributed by atoms with Gasteiger partial charge in [0.05, 0.1) is 23.9 Å². The predicted octanol–water partition coefficient (Wildman–Crippen LogP) is 4.01. The van der Waals surface area contributed by atoms with Crippen molar-refractivity contribution in [3.05, 3.63) is 71.0 Å². The summed E-state index contributed by atoms with van der Waals surface area (Å²) in [5.74, 6) is -0.412. The molecule has 2 aromatic heterocycles. The highest BCUT2D eigenvalue weighted by Gasteiger charge is 2.22. The van der Waals surface area contributed by atoms with Gasteiger partial charge in [-0.1, -0.05) is 12.1 Å². The minimum absolute atomic E-state index is 0.308. The van der Waals surface area contributed by atoms with E-state index in [4.69, 9.17) is 14.4 Å². The Kier molecular flexibility index (Phi) is 6.09. The lowest BCUT2D eigenvalue weighted by Gasteiger charge is -2.15. The number of para-hydroxylation sites is 1. The van der Waals surface area contributed by atoms with E-state index >= 15 is 0 Å². The van der Waals surface area contributed by atoms with Crippen LogP contribution < -0.4 is 10.6 Å². The molecule has 3 aromatic rings. The lowest BCUT2D eigenvalue weighted by atomic mass is 10.1. The molecular formula is C20H17N3O4S. The van der Waals surface area contributed by atoms with Gasteiger partial charge in [-0.2, -0.15) is 5.26 Å². The van der Waals surface area contributed by atoms with E-state index < -0.39 is 18.0 Å². The summed E-state index contributed by atoms with van der Waals surface area (Å²) in [6.07, 6.45) is 0.544. The van der Waals surface area contributed by atoms with Crippen LogP contribution in [0, 0.1) is 11.3 Å². The van der Waals surface area contributed by atoms with Crippen molar-refractivity contribution in [2.75, 3.05) is 10.6 Å². The van der Waals surface area contributed by atoms with Crippen LogP contribution in [0.5, 0.6) is 0 Å². The average molecular weight is 395 g/mol. The Balaban J connectivity index is 1.64. The molecule has 1 amide bonds. The summed E-state index contributed by atoms with van der Waals surface area (Å²) in [6, 6.07) is 14.1. The summed E-state index contributed by atoms with van der Waals surface area (Å²) in [5, 5.41) is 16.9. The molecular weight excluding hydrogens is 378 g/mol. The number of carbonyl (C=O) groups is 2. The van der Waals surface area contributed by atoms with Gasteiger partial charge in [0.25, 0.3) is 5.91 Å². The maximum absolute atomic E-state index is 12.6. The molecule has 28 heavy (non-hydrogen) atoms. The van der Waals surface area contributed by atoms with Gasteiger partial charge in [0.1, 0.15) is 16.8 Å². The summed E-state index contributed by atoms with van der Waals surface area (Å²) >= 11 is 1.23. The Morgan fingerprint density at radius 3 is 2.82 bits per heavy atom. The largest absolute Gasteiger partial charge is 0.467 e. The zero-order chi connectivity index (χ0) is 19.9. The van der Waals surface area contributed by atoms with Crippen molar-refractivity contribution < 1.29 is 18.7 Å². The Morgan fingerprint density at radius 2 is 2.07 bits per heavy atom. The number of nitrogens with one attached hydrogen (secondary N) is 2. The second kappa shape index (κ2) is 8.88. The molecule has 0 saturated heterocycles. The van der Waals surface area contributed by atoms with Crippen molar-refractivity contribution in [1.82, 2.24) is 0 Å². The van der Waals surface area contributed by atoms with Crippen LogP contribution in [0.15, 0.2) is 58.5 Å². The van der Waals surface area contributed by atoms with Crippen LogP contribution in [-0.4, -0.2) is 18.0 Å². The monoisotopic (exact) mass is 395 g/mol. The Bertz CT molecular complexity index is 1000. The Labute approximate surface area is 165 Å². The smallest absolute Gasteiger partial charge is 0.341 e. The van der Waals surface area contributed by atoms with Crippen molar-refractivity contribution in [2.24, 2.45) is 0 Å². The maximum Gasteiger partial charge on any atom is 0.341 e. The second-order valence-electron chi connectivity index (χ2n) is 5.79. The van der Waals surface area contributed by atoms with Crippen molar-refractivity contribution in [3.63, 3.8) is 0 Å². The van der Waals surface area contributed by atoms with E-state index in [0.29, 0.717) is 28.4 Å². The van der Waals surface area contributed by atoms with E-state index in [1.807, 2.05) is 12.1 Å². The first-order valence-corrected chi connectivity index (χ1v) is 9.31. The van der Waals surface area contributed by atoms with Gasteiger partial charge in [-0.25, -0.2) is 4.79 Å². The fraction of sp³-hybridized carbons (Fsp3) is 0.150. The first kappa shape index (κ1) is 19.2. The normalized spacial score (nSPS) is 11.3. The predicted molar refractivity (Wildman–Crippen MR) is 105 cm³/mol. The van der Waals surface area contributed by atoms with E-state index in [1.54, 1.807) is 48.0 Å². The van der Waals surface area contributed by atoms with Crippen LogP contribution in [0.4, 0.5) is 10.7 Å². The van der Waals surface area contributed by atoms with Crippen LogP contribution in [0.25, 0.3) is 0 Å². The highest BCUT2D eigenvalue weighted by molar-refractivity contribution is 7.14. The van der Waals surface area contributed by atoms with Crippen molar-refractivity contribution in [3.8, 4) is 6.07 Å². The molecule has 3 rings (SSSR count). The van der Waals surface area contributed by atoms with E-state index in [1.165, 1.54) is 18.3 Å². The van der Waals surface area contributed by atoms with Gasteiger partial charge in [-0.15, -0.1) is 11.3 Å². The summed E-state index contributed by atoms with van der Waals surface area (Å²) < 4.78 is 10.6. The number of benzene rings is 1. The van der Waals surface area contributed by atoms with Crippen LogP contribution in [0.2, 0.25) is 0 Å². The van der Waals surface area contributed by atoms with Crippen LogP contribution in [0.3, 0.4) is 0 Å². The molecule has 2 heterocycles. The van der Waals surface area contributed by atoms with Crippen molar-refractivity contribution in [1.29, 1.82) is 5.26 Å². The molecule has 0 spiro atoms. The highest BCUT2D eigenvalue weighted by Crippen LogP contribution is 2.23. The molecule has 2 N–H and O–H groups in total. The van der Waals surface area contributed by atoms with Gasteiger partial charge in [-0.05, 0) is 42.6 Å². The zero-order valence-electron chi connectivity index (χ0n) is 15.0. The molecule has 1 aromatic carbocycles. The molecule has 0 bridgehead atoms. The third kappa shape index (κ3) is 4.58. The minimum Gasteiger partial charge on any atom is -0.467 e. The van der Waals surface area contributed by atoms with Gasteiger partial charge in [0.2, 0.25) is 0 Å². The summed E-state index contributed by atoms with van der Waals surface area (Å²) in [7, 11) is 0. The van der Waals surface area contributed by atoms with Gasteiger partial charge >= 0.3 is 5.97 Å². The summed E-state index contributed by atoms with van der Waals surface area (Å²) in [6.45, 7) is 1.88. The van der Waals surface area contributed by atoms with E-state index in [2.05, 4.69) is 10.6 Å². The molecule has 0 unspecified atom stereocenters. The zero-order valence-corrected chi connectivity index (χ0v) is 15.8. The van der Waals surface area contributed by atoms with E-state index in [0.717, 1.165) is 5.76 Å². The van der Waals surface area contributed by atoms with E-state index in [9.17, 15) is 9.59 Å². The Hall–Kier alpha value is -3.57. The van der Waals surface area contributed by atoms with Crippen LogP contribution in [0.1, 0.15) is 28.6 Å². The molecule has 0 aliphatic heterocycles. The molecule has 0 aliphatic carbocycles. The number of thiophene rings is 1. The SMILES string of the molecule is C[C@@H](OC(=O)c1ccccc1NCc1ccco1)C(=O)Nc1sccc1C#N. The average Bonchev–Trinajstić information content (AvgIpc) is 3.38. The van der Waals surface area contributed by atoms with Crippen LogP contribution >= 0.6 is 11.3 Å². The quantitative estimate of drug-likeness (QED) is 0.586. The van der Waals surface area contributed by atoms with Gasteiger partial charge in [0.15, 0.2) is 6.10 Å². The number of ether oxygens (including phenoxy) is 1. The molecule has 0 fully saturated rings. The number of anilines is 2. The highest BCUT2D eigenvalue weighted by atomic mass is 32.1. The summed E-state index contributed by atoms with van der Waals surface area (Å²) in [4.78, 5) is 24.8. The lowest BCUT2D eigenvalue weighted by Crippen LogP contribution is -2.30. The number of esters is 1. The van der Waals surface area contributed by atoms with E-state index in [-0.39, 0.29) is 0 Å². The molecule has 8 heteroatoms. The van der Waals surface area contributed by atoms with Gasteiger partial charge < -0.3 is 19.8 Å². The number of carbonyl (C=O) groups excluding carboxylic acids is 2. The number of amides is 1. The van der Waals surface area contributed by atoms with Gasteiger partial charge in [0, 0.05) is 5.69 Å². The van der Waals surface area contributed by atoms with Crippen molar-refractivity contribution in [2.45, 2.75) is 19.6 Å². The van der Waals surface area contributed by atoms with Crippen LogP contribution in [-0.2, 0) is 16.1 Å². The summed E-state index contributed by atoms with van der Waals surface area (Å²) in [5.41, 5.74) is 1.24. The fourth-order valence-electron chi connectivity index (χ4n) is 2.40. The molecule has 1 atom stereocenters. The number of furan rings is 1. The number of nitriles is 1. The maximum atomic E-state index is 12.6. The number of hydrogen-bond donors (Lipinski definition) is 2. The standard InChI is InChI=1S/C20H17N3O4S/c1-13(18(24)23-19-14(11-21)8-10-28-19)27-20(25)16-6-2-3-7-17(16)22-12-15-5-4-9-26-15/h2-10,13,22H,12H2,1H3,(H,23,24)/t13-/m1/s1. The Morgan fingerprint density at radius 1 is 1.25 bits per heavy atom. The van der Waals surface area contributed by atoms with Crippen molar-refractivity contribution >= 4 is 33.9 Å². The third-order valence-corrected chi connectivity index (χ3v) is 4.69. The first-order valence-electron chi connectivity index (χ1n) is 8.43. The molecule has 0 saturated carbocycles.